The molecule has 0 radical (unpaired) electrons. The van der Waals surface area contributed by atoms with E-state index in [4.69, 9.17) is 20.3 Å². The van der Waals surface area contributed by atoms with Crippen molar-refractivity contribution in [2.45, 2.75) is 162 Å². The molecule has 0 aromatic heterocycles. The van der Waals surface area contributed by atoms with Crippen LogP contribution in [0.5, 0.6) is 0 Å². The van der Waals surface area contributed by atoms with E-state index in [1.54, 1.807) is 0 Å². The van der Waals surface area contributed by atoms with Crippen molar-refractivity contribution in [3.05, 3.63) is 10.1 Å². The minimum Gasteiger partial charge on any atom is -0.404 e. The van der Waals surface area contributed by atoms with E-state index in [0.29, 0.717) is 43.9 Å². The van der Waals surface area contributed by atoms with Gasteiger partial charge in [-0.25, -0.2) is 15.1 Å². The normalized spacial score (nSPS) is 25.2. The van der Waals surface area contributed by atoms with E-state index >= 15 is 0 Å². The first-order valence-electron chi connectivity index (χ1n) is 18.0. The molecule has 0 aromatic rings. The number of amides is 1. The van der Waals surface area contributed by atoms with E-state index in [1.807, 2.05) is 5.43 Å². The van der Waals surface area contributed by atoms with Crippen LogP contribution in [0.4, 0.5) is 0 Å². The number of unbranched alkanes of at least 4 members (excludes halogenated alkanes) is 8. The number of Topliss-reactive ketones (excluding diaryl/α,β-unsaturated/α-hetero) is 1. The standard InChI is InChI=1S/C34H59BN6O6.CH4/c1-24(2)20-30(35-46-29-23-26-22-28(33(26,3)4)34(29,5)47-35)39-31(43)25(16-15-19-38-32(37)40-41(44)45)21-27(42)17-13-11-9-7-6-8-10-12-14-18-36;/h24-26,28-30H,6-17,19-23H2,1-5H3,(H,39,43)(H3,37,38,40);1H4/t25-,26+,28+,29-,30+,34+;/m1./s1. The Bertz CT molecular complexity index is 1130. The maximum atomic E-state index is 13.9. The van der Waals surface area contributed by atoms with Gasteiger partial charge in [-0.1, -0.05) is 79.1 Å². The van der Waals surface area contributed by atoms with Gasteiger partial charge in [-0.2, -0.15) is 5.26 Å². The number of ketones is 1. The van der Waals surface area contributed by atoms with Crippen molar-refractivity contribution in [2.24, 2.45) is 39.8 Å². The van der Waals surface area contributed by atoms with E-state index in [9.17, 15) is 19.7 Å². The van der Waals surface area contributed by atoms with Crippen molar-refractivity contribution in [1.82, 2.24) is 10.7 Å². The number of nitro groups is 1. The zero-order chi connectivity index (χ0) is 34.6. The molecule has 1 saturated heterocycles. The lowest BCUT2D eigenvalue weighted by Crippen LogP contribution is -2.65. The van der Waals surface area contributed by atoms with Gasteiger partial charge in [0.2, 0.25) is 5.91 Å². The highest BCUT2D eigenvalue weighted by Gasteiger charge is 2.68. The molecular weight excluding hydrogens is 611 g/mol. The number of carbonyl (C=O) groups is 2. The van der Waals surface area contributed by atoms with E-state index in [-0.39, 0.29) is 67.0 Å². The highest BCUT2D eigenvalue weighted by Crippen LogP contribution is 2.65. The van der Waals surface area contributed by atoms with E-state index in [2.05, 4.69) is 51.0 Å². The summed E-state index contributed by atoms with van der Waals surface area (Å²) >= 11 is 0. The maximum Gasteiger partial charge on any atom is 0.481 e. The number of nitriles is 1. The smallest absolute Gasteiger partial charge is 0.404 e. The first-order chi connectivity index (χ1) is 22.3. The molecule has 0 unspecified atom stereocenters. The highest BCUT2D eigenvalue weighted by atomic mass is 16.7. The quantitative estimate of drug-likeness (QED) is 0.0296. The van der Waals surface area contributed by atoms with E-state index < -0.39 is 18.1 Å². The average molecular weight is 675 g/mol. The molecule has 1 aliphatic heterocycles. The summed E-state index contributed by atoms with van der Waals surface area (Å²) in [7, 11) is -0.549. The summed E-state index contributed by atoms with van der Waals surface area (Å²) in [6.07, 6.45) is 13.2. The monoisotopic (exact) mass is 674 g/mol. The molecule has 1 heterocycles. The van der Waals surface area contributed by atoms with Crippen LogP contribution in [0.25, 0.3) is 0 Å². The summed E-state index contributed by atoms with van der Waals surface area (Å²) in [6, 6.07) is 2.18. The summed E-state index contributed by atoms with van der Waals surface area (Å²) in [5, 5.41) is 21.7. The van der Waals surface area contributed by atoms with Gasteiger partial charge in [0.15, 0.2) is 5.03 Å². The number of carbonyl (C=O) groups excluding carboxylic acids is 2. The Morgan fingerprint density at radius 3 is 2.33 bits per heavy atom. The molecule has 3 aliphatic carbocycles. The molecule has 12 nitrogen and oxygen atoms in total. The molecule has 4 N–H and O–H groups in total. The Morgan fingerprint density at radius 1 is 1.08 bits per heavy atom. The second kappa shape index (κ2) is 19.5. The molecule has 4 rings (SSSR count). The van der Waals surface area contributed by atoms with Crippen LogP contribution in [-0.4, -0.2) is 54.0 Å². The number of guanidine groups is 1. The Morgan fingerprint density at radius 2 is 1.73 bits per heavy atom. The highest BCUT2D eigenvalue weighted by molar-refractivity contribution is 6.47. The van der Waals surface area contributed by atoms with Crippen molar-refractivity contribution in [3.8, 4) is 6.07 Å². The average Bonchev–Trinajstić information content (AvgIpc) is 3.36. The van der Waals surface area contributed by atoms with Gasteiger partial charge >= 0.3 is 7.12 Å². The summed E-state index contributed by atoms with van der Waals surface area (Å²) in [5.41, 5.74) is 7.21. The lowest BCUT2D eigenvalue weighted by Gasteiger charge is -2.64. The van der Waals surface area contributed by atoms with Gasteiger partial charge in [0, 0.05) is 31.7 Å². The Hall–Kier alpha value is -2.72. The molecule has 4 aliphatic rings. The third kappa shape index (κ3) is 11.7. The van der Waals surface area contributed by atoms with Gasteiger partial charge in [0.05, 0.1) is 23.7 Å². The number of rotatable bonds is 22. The summed E-state index contributed by atoms with van der Waals surface area (Å²) in [5.74, 6) is -0.00528. The van der Waals surface area contributed by atoms with Crippen LogP contribution >= 0.6 is 0 Å². The molecular formula is C35H63BN6O6. The van der Waals surface area contributed by atoms with Crippen LogP contribution in [0.1, 0.15) is 145 Å². The van der Waals surface area contributed by atoms with Gasteiger partial charge < -0.3 is 20.4 Å². The lowest BCUT2D eigenvalue weighted by atomic mass is 9.43. The number of aliphatic imine (C=N–C) groups is 1. The number of nitrogens with one attached hydrogen (secondary N) is 2. The van der Waals surface area contributed by atoms with Crippen molar-refractivity contribution < 1.29 is 23.9 Å². The molecule has 272 valence electrons. The number of hydrazine groups is 1. The molecule has 2 bridgehead atoms. The van der Waals surface area contributed by atoms with E-state index in [1.165, 1.54) is 0 Å². The fourth-order valence-electron chi connectivity index (χ4n) is 8.07. The maximum absolute atomic E-state index is 13.9. The molecule has 6 atom stereocenters. The topological polar surface area (TPSA) is 182 Å². The van der Waals surface area contributed by atoms with Gasteiger partial charge in [0.1, 0.15) is 5.78 Å². The predicted molar refractivity (Wildman–Crippen MR) is 189 cm³/mol. The van der Waals surface area contributed by atoms with Crippen LogP contribution in [-0.2, 0) is 18.9 Å². The zero-order valence-electron chi connectivity index (χ0n) is 29.4. The second-order valence-electron chi connectivity index (χ2n) is 15.3. The first-order valence-corrected chi connectivity index (χ1v) is 18.0. The second-order valence-corrected chi connectivity index (χ2v) is 15.3. The van der Waals surface area contributed by atoms with Crippen molar-refractivity contribution in [1.29, 1.82) is 5.26 Å². The van der Waals surface area contributed by atoms with E-state index in [0.717, 1.165) is 64.2 Å². The number of nitrogens with zero attached hydrogens (tertiary/aromatic N) is 3. The summed E-state index contributed by atoms with van der Waals surface area (Å²) < 4.78 is 13.3. The number of nitrogens with two attached hydrogens (primary N) is 1. The fourth-order valence-corrected chi connectivity index (χ4v) is 8.07. The lowest BCUT2D eigenvalue weighted by molar-refractivity contribution is -0.525. The molecule has 0 spiro atoms. The van der Waals surface area contributed by atoms with Crippen LogP contribution in [0.3, 0.4) is 0 Å². The van der Waals surface area contributed by atoms with Gasteiger partial charge in [-0.05, 0) is 75.0 Å². The van der Waals surface area contributed by atoms with Gasteiger partial charge in [-0.3, -0.25) is 9.59 Å². The molecule has 1 amide bonds. The first kappa shape index (κ1) is 41.5. The molecule has 4 fully saturated rings. The molecule has 0 aromatic carbocycles. The molecule has 13 heteroatoms. The van der Waals surface area contributed by atoms with Crippen LogP contribution in [0, 0.1) is 50.5 Å². The third-order valence-corrected chi connectivity index (χ3v) is 10.9. The summed E-state index contributed by atoms with van der Waals surface area (Å²) in [4.78, 5) is 41.6. The van der Waals surface area contributed by atoms with Gasteiger partial charge in [-0.15, -0.1) is 0 Å². The Balaban J connectivity index is 0.00000800. The number of hydrogen-bond acceptors (Lipinski definition) is 8. The van der Waals surface area contributed by atoms with Gasteiger partial charge in [0.25, 0.3) is 5.96 Å². The van der Waals surface area contributed by atoms with Crippen LogP contribution < -0.4 is 16.5 Å². The fraction of sp³-hybridized carbons (Fsp3) is 0.886. The largest absolute Gasteiger partial charge is 0.481 e. The van der Waals surface area contributed by atoms with Crippen molar-refractivity contribution >= 4 is 24.8 Å². The van der Waals surface area contributed by atoms with Crippen molar-refractivity contribution in [2.75, 3.05) is 6.54 Å². The SMILES string of the molecule is C.CC(C)C[C@H](NC(=O)[C@H](CCCN=C(N)N[N+](=O)[O-])CC(=O)CCCCCCCCCCC#N)B1O[C@@H]2C[C@@H]3C[C@@H](C3(C)C)[C@]2(C)O1. The minimum absolute atomic E-state index is 0. The Labute approximate surface area is 289 Å². The Kier molecular flexibility index (Phi) is 16.8. The summed E-state index contributed by atoms with van der Waals surface area (Å²) in [6.45, 7) is 11.2. The van der Waals surface area contributed by atoms with Crippen LogP contribution in [0.2, 0.25) is 0 Å². The zero-order valence-corrected chi connectivity index (χ0v) is 29.4. The van der Waals surface area contributed by atoms with Crippen molar-refractivity contribution in [3.63, 3.8) is 0 Å². The number of hydrogen-bond donors (Lipinski definition) is 3. The molecule has 48 heavy (non-hydrogen) atoms. The third-order valence-electron chi connectivity index (χ3n) is 10.9. The van der Waals surface area contributed by atoms with Crippen LogP contribution in [0.15, 0.2) is 4.99 Å². The minimum atomic E-state index is -0.770. The predicted octanol–water partition coefficient (Wildman–Crippen LogP) is 6.30. The molecule has 3 saturated carbocycles.